The number of rotatable bonds is 7. The van der Waals surface area contributed by atoms with Crippen LogP contribution in [0.15, 0.2) is 204 Å². The zero-order valence-corrected chi connectivity index (χ0v) is 29.5. The summed E-state index contributed by atoms with van der Waals surface area (Å²) >= 11 is 0. The van der Waals surface area contributed by atoms with Gasteiger partial charge in [-0.2, -0.15) is 0 Å². The summed E-state index contributed by atoms with van der Waals surface area (Å²) in [6, 6.07) is 67.2. The molecule has 8 aromatic carbocycles. The van der Waals surface area contributed by atoms with Crippen LogP contribution in [-0.4, -0.2) is 11.8 Å². The number of ether oxygens (including phenoxy) is 2. The van der Waals surface area contributed by atoms with E-state index in [-0.39, 0.29) is 24.3 Å². The van der Waals surface area contributed by atoms with Gasteiger partial charge in [0.2, 0.25) is 11.8 Å². The van der Waals surface area contributed by atoms with Crippen molar-refractivity contribution < 1.29 is 9.47 Å². The van der Waals surface area contributed by atoms with Gasteiger partial charge in [0, 0.05) is 22.3 Å². The van der Waals surface area contributed by atoms with Crippen LogP contribution < -0.4 is 0 Å². The molecule has 0 radical (unpaired) electrons. The zero-order chi connectivity index (χ0) is 35.8. The maximum absolute atomic E-state index is 7.03. The molecule has 0 bridgehead atoms. The second kappa shape index (κ2) is 13.6. The summed E-state index contributed by atoms with van der Waals surface area (Å²) in [5.74, 6) is 1.24. The van der Waals surface area contributed by atoms with Gasteiger partial charge in [-0.25, -0.2) is 9.98 Å². The van der Waals surface area contributed by atoms with Gasteiger partial charge in [0.1, 0.15) is 12.1 Å². The first-order valence-corrected chi connectivity index (χ1v) is 18.5. The Balaban J connectivity index is 1.21. The molecule has 4 atom stereocenters. The summed E-state index contributed by atoms with van der Waals surface area (Å²) in [5.41, 5.74) is 8.36. The van der Waals surface area contributed by atoms with Crippen molar-refractivity contribution in [3.8, 4) is 11.1 Å². The van der Waals surface area contributed by atoms with Gasteiger partial charge in [0.25, 0.3) is 0 Å². The van der Waals surface area contributed by atoms with E-state index in [0.717, 1.165) is 66.1 Å². The molecule has 54 heavy (non-hydrogen) atoms. The third kappa shape index (κ3) is 5.64. The SMILES string of the molecule is c1ccc([C@@H]2N=C(c3ccc4ccccc4c3-c3c(C4=N[C@@H](c5ccccc5)[C@H](c5ccccc5)O4)ccc4ccccc34)O[C@H]2c2ccccc2)cc1. The molecule has 2 heterocycles. The first-order valence-electron chi connectivity index (χ1n) is 18.5. The van der Waals surface area contributed by atoms with Crippen molar-refractivity contribution in [2.75, 3.05) is 0 Å². The molecule has 0 aliphatic carbocycles. The number of hydrogen-bond donors (Lipinski definition) is 0. The summed E-state index contributed by atoms with van der Waals surface area (Å²) in [4.78, 5) is 10.8. The highest BCUT2D eigenvalue weighted by Crippen LogP contribution is 2.47. The maximum atomic E-state index is 7.03. The van der Waals surface area contributed by atoms with Crippen LogP contribution in [0.25, 0.3) is 32.7 Å². The van der Waals surface area contributed by atoms with Crippen LogP contribution in [0.5, 0.6) is 0 Å². The van der Waals surface area contributed by atoms with Gasteiger partial charge in [-0.1, -0.05) is 182 Å². The molecule has 8 aromatic rings. The maximum Gasteiger partial charge on any atom is 0.218 e. The van der Waals surface area contributed by atoms with Crippen LogP contribution in [0.3, 0.4) is 0 Å². The Labute approximate surface area is 314 Å². The molecule has 10 rings (SSSR count). The van der Waals surface area contributed by atoms with Crippen LogP contribution in [-0.2, 0) is 9.47 Å². The van der Waals surface area contributed by atoms with Crippen molar-refractivity contribution in [1.82, 2.24) is 0 Å². The van der Waals surface area contributed by atoms with Crippen LogP contribution in [0.2, 0.25) is 0 Å². The Morgan fingerprint density at radius 1 is 0.315 bits per heavy atom. The van der Waals surface area contributed by atoms with Gasteiger partial charge in [0.15, 0.2) is 12.2 Å². The molecule has 0 spiro atoms. The average molecular weight is 697 g/mol. The summed E-state index contributed by atoms with van der Waals surface area (Å²) in [7, 11) is 0. The third-order valence-corrected chi connectivity index (χ3v) is 10.7. The first kappa shape index (κ1) is 31.9. The van der Waals surface area contributed by atoms with E-state index in [1.807, 2.05) is 24.3 Å². The molecular formula is C50H36N2O2. The third-order valence-electron chi connectivity index (χ3n) is 10.7. The fourth-order valence-corrected chi connectivity index (χ4v) is 8.11. The Bertz CT molecular complexity index is 2490. The quantitative estimate of drug-likeness (QED) is 0.166. The minimum absolute atomic E-state index is 0.212. The van der Waals surface area contributed by atoms with Crippen molar-refractivity contribution in [1.29, 1.82) is 0 Å². The molecule has 0 fully saturated rings. The molecule has 0 saturated carbocycles. The Kier molecular flexibility index (Phi) is 8.07. The fraction of sp³-hybridized carbons (Fsp3) is 0.0800. The van der Waals surface area contributed by atoms with E-state index in [1.165, 1.54) is 0 Å². The van der Waals surface area contributed by atoms with E-state index in [9.17, 15) is 0 Å². The largest absolute Gasteiger partial charge is 0.467 e. The van der Waals surface area contributed by atoms with Gasteiger partial charge in [-0.3, -0.25) is 0 Å². The smallest absolute Gasteiger partial charge is 0.218 e. The molecule has 0 unspecified atom stereocenters. The molecule has 2 aliphatic heterocycles. The number of hydrogen-bond acceptors (Lipinski definition) is 4. The number of aliphatic imine (C=N–C) groups is 2. The van der Waals surface area contributed by atoms with Crippen molar-refractivity contribution in [2.45, 2.75) is 24.3 Å². The molecule has 4 nitrogen and oxygen atoms in total. The molecular weight excluding hydrogens is 661 g/mol. The normalized spacial score (nSPS) is 19.3. The highest BCUT2D eigenvalue weighted by molar-refractivity contribution is 6.19. The van der Waals surface area contributed by atoms with Crippen LogP contribution in [0.4, 0.5) is 0 Å². The van der Waals surface area contributed by atoms with E-state index >= 15 is 0 Å². The monoisotopic (exact) mass is 696 g/mol. The second-order valence-corrected chi connectivity index (χ2v) is 13.9. The highest BCUT2D eigenvalue weighted by Gasteiger charge is 2.38. The molecule has 0 amide bonds. The van der Waals surface area contributed by atoms with E-state index in [0.29, 0.717) is 11.8 Å². The molecule has 2 aliphatic rings. The summed E-state index contributed by atoms with van der Waals surface area (Å²) < 4.78 is 14.1. The van der Waals surface area contributed by atoms with E-state index in [4.69, 9.17) is 19.5 Å². The minimum atomic E-state index is -0.282. The van der Waals surface area contributed by atoms with E-state index in [1.54, 1.807) is 0 Å². The second-order valence-electron chi connectivity index (χ2n) is 13.9. The van der Waals surface area contributed by atoms with Gasteiger partial charge < -0.3 is 9.47 Å². The molecule has 0 N–H and O–H groups in total. The zero-order valence-electron chi connectivity index (χ0n) is 29.5. The van der Waals surface area contributed by atoms with Gasteiger partial charge >= 0.3 is 0 Å². The van der Waals surface area contributed by atoms with Crippen LogP contribution in [0, 0.1) is 0 Å². The van der Waals surface area contributed by atoms with E-state index in [2.05, 4.69) is 170 Å². The lowest BCUT2D eigenvalue weighted by Gasteiger charge is -2.21. The number of nitrogens with zero attached hydrogens (tertiary/aromatic N) is 2. The van der Waals surface area contributed by atoms with Gasteiger partial charge in [0.05, 0.1) is 0 Å². The minimum Gasteiger partial charge on any atom is -0.467 e. The average Bonchev–Trinajstić information content (AvgIpc) is 3.91. The number of fused-ring (bicyclic) bond motifs is 2. The van der Waals surface area contributed by atoms with Crippen LogP contribution in [0.1, 0.15) is 57.7 Å². The predicted octanol–water partition coefficient (Wildman–Crippen LogP) is 12.2. The lowest BCUT2D eigenvalue weighted by molar-refractivity contribution is 0.197. The Morgan fingerprint density at radius 2 is 0.648 bits per heavy atom. The summed E-state index contributed by atoms with van der Waals surface area (Å²) in [5, 5.41) is 4.48. The first-order chi connectivity index (χ1) is 26.8. The van der Waals surface area contributed by atoms with E-state index < -0.39 is 0 Å². The lowest BCUT2D eigenvalue weighted by Crippen LogP contribution is -2.12. The molecule has 0 saturated heterocycles. The lowest BCUT2D eigenvalue weighted by atomic mass is 9.87. The summed E-state index contributed by atoms with van der Waals surface area (Å²) in [6.07, 6.45) is -0.564. The van der Waals surface area contributed by atoms with Crippen molar-refractivity contribution in [2.24, 2.45) is 9.98 Å². The molecule has 0 aromatic heterocycles. The topological polar surface area (TPSA) is 43.2 Å². The predicted molar refractivity (Wildman–Crippen MR) is 219 cm³/mol. The molecule has 258 valence electrons. The van der Waals surface area contributed by atoms with Gasteiger partial charge in [-0.05, 0) is 55.9 Å². The highest BCUT2D eigenvalue weighted by atomic mass is 16.5. The number of benzene rings is 8. The van der Waals surface area contributed by atoms with Crippen molar-refractivity contribution >= 4 is 33.3 Å². The van der Waals surface area contributed by atoms with Crippen molar-refractivity contribution in [3.05, 3.63) is 228 Å². The summed E-state index contributed by atoms with van der Waals surface area (Å²) in [6.45, 7) is 0. The standard InChI is InChI=1S/C50H36N2O2/c1-5-19-35(20-6-1)45-47(37-23-9-3-10-24-37)53-49(51-45)41-31-29-33-17-13-15-27-39(33)43(41)44-40-28-16-14-18-34(40)30-32-42(44)50-52-46(36-21-7-2-8-22-36)48(54-50)38-25-11-4-12-26-38/h1-32,45-48H/t45-,46-,47-,48-/m0/s1. The molecule has 4 heteroatoms. The fourth-order valence-electron chi connectivity index (χ4n) is 8.11. The van der Waals surface area contributed by atoms with Crippen LogP contribution >= 0.6 is 0 Å². The van der Waals surface area contributed by atoms with Crippen molar-refractivity contribution in [3.63, 3.8) is 0 Å². The van der Waals surface area contributed by atoms with Gasteiger partial charge in [-0.15, -0.1) is 0 Å². The Hall–Kier alpha value is -6.78. The Morgan fingerprint density at radius 3 is 1.04 bits per heavy atom.